The summed E-state index contributed by atoms with van der Waals surface area (Å²) in [7, 11) is 4.07. The number of rotatable bonds is 2. The molecule has 2 aromatic rings. The average Bonchev–Trinajstić information content (AvgIpc) is 2.26. The van der Waals surface area contributed by atoms with Crippen molar-refractivity contribution >= 4 is 32.7 Å². The summed E-state index contributed by atoms with van der Waals surface area (Å²) in [6, 6.07) is 8.41. The van der Waals surface area contributed by atoms with E-state index in [1.165, 1.54) is 10.9 Å². The van der Waals surface area contributed by atoms with Crippen molar-refractivity contribution in [1.29, 1.82) is 0 Å². The zero-order valence-electron chi connectivity index (χ0n) is 9.79. The molecule has 2 rings (SSSR count). The molecule has 0 saturated heterocycles. The summed E-state index contributed by atoms with van der Waals surface area (Å²) >= 11 is 3.49. The summed E-state index contributed by atoms with van der Waals surface area (Å²) in [5.41, 5.74) is 2.33. The van der Waals surface area contributed by atoms with Crippen molar-refractivity contribution in [2.45, 2.75) is 13.3 Å². The van der Waals surface area contributed by atoms with Crippen LogP contribution in [0.2, 0.25) is 0 Å². The van der Waals surface area contributed by atoms with Crippen LogP contribution in [0.4, 0.5) is 5.82 Å². The van der Waals surface area contributed by atoms with Gasteiger partial charge in [-0.25, -0.2) is 4.98 Å². The van der Waals surface area contributed by atoms with Crippen LogP contribution in [0, 0.1) is 0 Å². The van der Waals surface area contributed by atoms with E-state index in [1.807, 2.05) is 26.2 Å². The number of halogens is 1. The van der Waals surface area contributed by atoms with Crippen molar-refractivity contribution in [3.8, 4) is 0 Å². The number of nitrogens with zero attached hydrogens (tertiary/aromatic N) is 2. The molecule has 0 bridgehead atoms. The molecule has 0 spiro atoms. The second-order valence-corrected chi connectivity index (χ2v) is 4.97. The third-order valence-electron chi connectivity index (χ3n) is 2.64. The molecule has 1 aromatic heterocycles. The van der Waals surface area contributed by atoms with E-state index in [0.29, 0.717) is 0 Å². The Balaban J connectivity index is 2.70. The highest BCUT2D eigenvalue weighted by Crippen LogP contribution is 2.25. The van der Waals surface area contributed by atoms with E-state index in [2.05, 4.69) is 39.9 Å². The van der Waals surface area contributed by atoms with Gasteiger partial charge in [0.05, 0.1) is 5.52 Å². The molecule has 16 heavy (non-hydrogen) atoms. The van der Waals surface area contributed by atoms with Crippen LogP contribution in [0.3, 0.4) is 0 Å². The predicted octanol–water partition coefficient (Wildman–Crippen LogP) is 3.63. The lowest BCUT2D eigenvalue weighted by Crippen LogP contribution is -2.13. The summed E-state index contributed by atoms with van der Waals surface area (Å²) in [4.78, 5) is 6.76. The SMILES string of the molecule is CCc1cc2cc(Br)ccc2nc1N(C)C. The molecule has 0 N–H and O–H groups in total. The molecule has 3 heteroatoms. The van der Waals surface area contributed by atoms with Crippen molar-refractivity contribution < 1.29 is 0 Å². The molecule has 2 nitrogen and oxygen atoms in total. The minimum Gasteiger partial charge on any atom is -0.362 e. The van der Waals surface area contributed by atoms with Gasteiger partial charge in [0.25, 0.3) is 0 Å². The first-order valence-electron chi connectivity index (χ1n) is 5.38. The Bertz CT molecular complexity index is 521. The Labute approximate surface area is 104 Å². The van der Waals surface area contributed by atoms with Gasteiger partial charge in [-0.05, 0) is 36.2 Å². The fraction of sp³-hybridized carbons (Fsp3) is 0.308. The van der Waals surface area contributed by atoms with Gasteiger partial charge in [0.2, 0.25) is 0 Å². The van der Waals surface area contributed by atoms with E-state index in [0.717, 1.165) is 22.2 Å². The Morgan fingerprint density at radius 2 is 2.00 bits per heavy atom. The second-order valence-electron chi connectivity index (χ2n) is 4.06. The van der Waals surface area contributed by atoms with Gasteiger partial charge < -0.3 is 4.90 Å². The summed E-state index contributed by atoms with van der Waals surface area (Å²) in [6.07, 6.45) is 1.00. The van der Waals surface area contributed by atoms with E-state index >= 15 is 0 Å². The number of fused-ring (bicyclic) bond motifs is 1. The van der Waals surface area contributed by atoms with Gasteiger partial charge in [0, 0.05) is 24.0 Å². The number of hydrogen-bond donors (Lipinski definition) is 0. The largest absolute Gasteiger partial charge is 0.362 e. The summed E-state index contributed by atoms with van der Waals surface area (Å²) in [6.45, 7) is 2.16. The molecule has 84 valence electrons. The van der Waals surface area contributed by atoms with E-state index in [1.54, 1.807) is 0 Å². The van der Waals surface area contributed by atoms with Crippen molar-refractivity contribution in [3.05, 3.63) is 34.3 Å². The van der Waals surface area contributed by atoms with Crippen LogP contribution in [0.25, 0.3) is 10.9 Å². The maximum atomic E-state index is 4.69. The zero-order valence-corrected chi connectivity index (χ0v) is 11.4. The van der Waals surface area contributed by atoms with Crippen LogP contribution >= 0.6 is 15.9 Å². The molecule has 0 unspecified atom stereocenters. The standard InChI is InChI=1S/C13H15BrN2/c1-4-9-7-10-8-11(14)5-6-12(10)15-13(9)16(2)3/h5-8H,4H2,1-3H3. The first kappa shape index (κ1) is 11.4. The number of hydrogen-bond acceptors (Lipinski definition) is 2. The summed E-state index contributed by atoms with van der Waals surface area (Å²) in [5, 5.41) is 1.19. The molecule has 1 heterocycles. The predicted molar refractivity (Wildman–Crippen MR) is 73.1 cm³/mol. The fourth-order valence-corrected chi connectivity index (χ4v) is 2.21. The van der Waals surface area contributed by atoms with Gasteiger partial charge in [0.15, 0.2) is 0 Å². The monoisotopic (exact) mass is 278 g/mol. The summed E-state index contributed by atoms with van der Waals surface area (Å²) in [5.74, 6) is 1.07. The number of aromatic nitrogens is 1. The molecule has 0 radical (unpaired) electrons. The van der Waals surface area contributed by atoms with E-state index < -0.39 is 0 Å². The van der Waals surface area contributed by atoms with Crippen LogP contribution < -0.4 is 4.90 Å². The Morgan fingerprint density at radius 1 is 1.25 bits per heavy atom. The van der Waals surface area contributed by atoms with Gasteiger partial charge in [0.1, 0.15) is 5.82 Å². The van der Waals surface area contributed by atoms with Crippen molar-refractivity contribution in [2.24, 2.45) is 0 Å². The normalized spacial score (nSPS) is 10.8. The van der Waals surface area contributed by atoms with Gasteiger partial charge >= 0.3 is 0 Å². The van der Waals surface area contributed by atoms with Gasteiger partial charge in [-0.3, -0.25) is 0 Å². The quantitative estimate of drug-likeness (QED) is 0.834. The highest BCUT2D eigenvalue weighted by molar-refractivity contribution is 9.10. The van der Waals surface area contributed by atoms with E-state index in [-0.39, 0.29) is 0 Å². The molecule has 0 amide bonds. The third-order valence-corrected chi connectivity index (χ3v) is 3.13. The Morgan fingerprint density at radius 3 is 2.62 bits per heavy atom. The van der Waals surface area contributed by atoms with Crippen LogP contribution in [0.5, 0.6) is 0 Å². The fourth-order valence-electron chi connectivity index (χ4n) is 1.83. The highest BCUT2D eigenvalue weighted by Gasteiger charge is 2.07. The van der Waals surface area contributed by atoms with Gasteiger partial charge in [-0.15, -0.1) is 0 Å². The average molecular weight is 279 g/mol. The molecule has 0 saturated carbocycles. The maximum Gasteiger partial charge on any atom is 0.131 e. The number of aryl methyl sites for hydroxylation is 1. The minimum atomic E-state index is 1.00. The second kappa shape index (κ2) is 4.42. The highest BCUT2D eigenvalue weighted by atomic mass is 79.9. The topological polar surface area (TPSA) is 16.1 Å². The molecule has 0 atom stereocenters. The van der Waals surface area contributed by atoms with Gasteiger partial charge in [-0.1, -0.05) is 22.9 Å². The maximum absolute atomic E-state index is 4.69. The van der Waals surface area contributed by atoms with Crippen molar-refractivity contribution in [3.63, 3.8) is 0 Å². The lowest BCUT2D eigenvalue weighted by Gasteiger charge is -2.16. The molecular formula is C13H15BrN2. The van der Waals surface area contributed by atoms with E-state index in [4.69, 9.17) is 4.98 Å². The first-order valence-corrected chi connectivity index (χ1v) is 6.17. The Kier molecular flexibility index (Phi) is 3.15. The van der Waals surface area contributed by atoms with Crippen LogP contribution in [0.15, 0.2) is 28.7 Å². The minimum absolute atomic E-state index is 1.00. The summed E-state index contributed by atoms with van der Waals surface area (Å²) < 4.78 is 1.10. The molecular weight excluding hydrogens is 264 g/mol. The third kappa shape index (κ3) is 2.05. The van der Waals surface area contributed by atoms with Crippen molar-refractivity contribution in [2.75, 3.05) is 19.0 Å². The molecule has 0 aliphatic rings. The molecule has 0 aliphatic heterocycles. The molecule has 1 aromatic carbocycles. The number of anilines is 1. The van der Waals surface area contributed by atoms with Crippen molar-refractivity contribution in [1.82, 2.24) is 4.98 Å². The number of benzene rings is 1. The van der Waals surface area contributed by atoms with Crippen LogP contribution in [0.1, 0.15) is 12.5 Å². The van der Waals surface area contributed by atoms with Crippen LogP contribution in [-0.4, -0.2) is 19.1 Å². The zero-order chi connectivity index (χ0) is 11.7. The lowest BCUT2D eigenvalue weighted by atomic mass is 10.1. The lowest BCUT2D eigenvalue weighted by molar-refractivity contribution is 1.02. The number of pyridine rings is 1. The molecule has 0 fully saturated rings. The van der Waals surface area contributed by atoms with Crippen LogP contribution in [-0.2, 0) is 6.42 Å². The first-order chi connectivity index (χ1) is 7.61. The van der Waals surface area contributed by atoms with Gasteiger partial charge in [-0.2, -0.15) is 0 Å². The van der Waals surface area contributed by atoms with E-state index in [9.17, 15) is 0 Å². The molecule has 0 aliphatic carbocycles. The Hall–Kier alpha value is -1.09. The smallest absolute Gasteiger partial charge is 0.131 e.